The van der Waals surface area contributed by atoms with E-state index in [0.29, 0.717) is 29.4 Å². The van der Waals surface area contributed by atoms with Crippen molar-refractivity contribution in [3.63, 3.8) is 0 Å². The van der Waals surface area contributed by atoms with Gasteiger partial charge in [-0.2, -0.15) is 4.73 Å². The first-order valence-corrected chi connectivity index (χ1v) is 8.27. The second-order valence-electron chi connectivity index (χ2n) is 5.78. The molecular weight excluding hydrogens is 304 g/mol. The summed E-state index contributed by atoms with van der Waals surface area (Å²) in [4.78, 5) is 12.7. The lowest BCUT2D eigenvalue weighted by Gasteiger charge is -2.15. The van der Waals surface area contributed by atoms with E-state index in [2.05, 4.69) is 12.2 Å². The van der Waals surface area contributed by atoms with Gasteiger partial charge in [-0.05, 0) is 18.6 Å². The fourth-order valence-corrected chi connectivity index (χ4v) is 2.50. The molecule has 5 nitrogen and oxygen atoms in total. The van der Waals surface area contributed by atoms with Gasteiger partial charge in [-0.3, -0.25) is 4.79 Å². The maximum atomic E-state index is 12.7. The molecule has 1 heterocycles. The van der Waals surface area contributed by atoms with Gasteiger partial charge in [0.15, 0.2) is 5.69 Å². The lowest BCUT2D eigenvalue weighted by Crippen LogP contribution is -2.37. The van der Waals surface area contributed by atoms with E-state index in [1.165, 1.54) is 0 Å². The Hall–Kier alpha value is -2.56. The summed E-state index contributed by atoms with van der Waals surface area (Å²) in [6.45, 7) is 5.99. The minimum atomic E-state index is -0.339. The van der Waals surface area contributed by atoms with E-state index in [0.717, 1.165) is 24.0 Å². The third kappa shape index (κ3) is 4.25. The van der Waals surface area contributed by atoms with Crippen LogP contribution in [0.15, 0.2) is 36.4 Å². The van der Waals surface area contributed by atoms with Gasteiger partial charge in [0.05, 0.1) is 6.61 Å². The number of nitrogens with one attached hydrogen (secondary N) is 1. The molecule has 24 heavy (non-hydrogen) atoms. The van der Waals surface area contributed by atoms with Crippen molar-refractivity contribution in [2.24, 2.45) is 0 Å². The number of hydrogen-bond donors (Lipinski definition) is 1. The van der Waals surface area contributed by atoms with Gasteiger partial charge in [0.25, 0.3) is 5.91 Å². The lowest BCUT2D eigenvalue weighted by atomic mass is 10.1. The standard InChI is InChI=1S/C19H24N2O3/c1-4-5-9-12-24-17-13-14(2)21(23)15(3)18(17)19(22)20-16-10-7-6-8-11-16/h6-8,10-11,13H,4-5,9,12H2,1-3H3,(H,20,22). The summed E-state index contributed by atoms with van der Waals surface area (Å²) in [6.07, 6.45) is 3.08. The van der Waals surface area contributed by atoms with Crippen molar-refractivity contribution in [3.05, 3.63) is 58.6 Å². The Labute approximate surface area is 142 Å². The Kier molecular flexibility index (Phi) is 6.18. The summed E-state index contributed by atoms with van der Waals surface area (Å²) in [7, 11) is 0. The minimum Gasteiger partial charge on any atom is -0.618 e. The van der Waals surface area contributed by atoms with E-state index in [4.69, 9.17) is 4.74 Å². The Morgan fingerprint density at radius 3 is 2.58 bits per heavy atom. The number of amides is 1. The third-order valence-corrected chi connectivity index (χ3v) is 3.84. The highest BCUT2D eigenvalue weighted by Crippen LogP contribution is 2.23. The fraction of sp³-hybridized carbons (Fsp3) is 0.368. The SMILES string of the molecule is CCCCCOc1cc(C)[n+]([O-])c(C)c1C(=O)Nc1ccccc1. The van der Waals surface area contributed by atoms with Gasteiger partial charge in [-0.15, -0.1) is 0 Å². The zero-order chi connectivity index (χ0) is 17.5. The maximum Gasteiger partial charge on any atom is 0.265 e. The second kappa shape index (κ2) is 8.34. The van der Waals surface area contributed by atoms with E-state index in [9.17, 15) is 10.0 Å². The quantitative estimate of drug-likeness (QED) is 0.478. The van der Waals surface area contributed by atoms with Crippen molar-refractivity contribution in [2.45, 2.75) is 40.0 Å². The molecule has 2 rings (SSSR count). The van der Waals surface area contributed by atoms with E-state index < -0.39 is 0 Å². The van der Waals surface area contributed by atoms with Crippen LogP contribution in [0.2, 0.25) is 0 Å². The number of hydrogen-bond acceptors (Lipinski definition) is 3. The molecule has 0 aliphatic carbocycles. The first-order chi connectivity index (χ1) is 11.5. The normalized spacial score (nSPS) is 10.5. The number of rotatable bonds is 7. The van der Waals surface area contributed by atoms with Crippen molar-refractivity contribution >= 4 is 11.6 Å². The number of aromatic nitrogens is 1. The molecule has 0 fully saturated rings. The third-order valence-electron chi connectivity index (χ3n) is 3.84. The molecule has 0 atom stereocenters. The molecule has 1 aromatic carbocycles. The summed E-state index contributed by atoms with van der Waals surface area (Å²) in [5.74, 6) is 0.121. The number of pyridine rings is 1. The monoisotopic (exact) mass is 328 g/mol. The lowest BCUT2D eigenvalue weighted by molar-refractivity contribution is -0.619. The number of benzene rings is 1. The van der Waals surface area contributed by atoms with Gasteiger partial charge in [-0.1, -0.05) is 38.0 Å². The van der Waals surface area contributed by atoms with E-state index in [1.54, 1.807) is 32.0 Å². The Morgan fingerprint density at radius 2 is 1.92 bits per heavy atom. The van der Waals surface area contributed by atoms with Crippen LogP contribution in [0.1, 0.15) is 47.9 Å². The van der Waals surface area contributed by atoms with Gasteiger partial charge in [0.1, 0.15) is 11.3 Å². The summed E-state index contributed by atoms with van der Waals surface area (Å²) >= 11 is 0. The number of unbranched alkanes of at least 4 members (excludes halogenated alkanes) is 2. The van der Waals surface area contributed by atoms with Gasteiger partial charge < -0.3 is 15.3 Å². The summed E-state index contributed by atoms with van der Waals surface area (Å²) in [6, 6.07) is 10.8. The van der Waals surface area contributed by atoms with Crippen LogP contribution in [0.25, 0.3) is 0 Å². The molecule has 1 N–H and O–H groups in total. The van der Waals surface area contributed by atoms with Crippen molar-refractivity contribution in [1.82, 2.24) is 0 Å². The molecule has 0 unspecified atom stereocenters. The number of carbonyl (C=O) groups excluding carboxylic acids is 1. The van der Waals surface area contributed by atoms with E-state index >= 15 is 0 Å². The van der Waals surface area contributed by atoms with Crippen LogP contribution in [-0.4, -0.2) is 12.5 Å². The summed E-state index contributed by atoms with van der Waals surface area (Å²) in [5.41, 5.74) is 1.82. The average Bonchev–Trinajstić information content (AvgIpc) is 2.57. The zero-order valence-electron chi connectivity index (χ0n) is 14.5. The number of anilines is 1. The molecule has 1 amide bonds. The predicted octanol–water partition coefficient (Wildman–Crippen LogP) is 3.76. The van der Waals surface area contributed by atoms with E-state index in [-0.39, 0.29) is 11.5 Å². The molecule has 128 valence electrons. The van der Waals surface area contributed by atoms with Crippen LogP contribution >= 0.6 is 0 Å². The number of nitrogens with zero attached hydrogens (tertiary/aromatic N) is 1. The fourth-order valence-electron chi connectivity index (χ4n) is 2.50. The van der Waals surface area contributed by atoms with Gasteiger partial charge in [0.2, 0.25) is 5.69 Å². The first-order valence-electron chi connectivity index (χ1n) is 8.27. The molecular formula is C19H24N2O3. The average molecular weight is 328 g/mol. The molecule has 0 bridgehead atoms. The topological polar surface area (TPSA) is 65.3 Å². The molecule has 1 aromatic heterocycles. The highest BCUT2D eigenvalue weighted by Gasteiger charge is 2.24. The van der Waals surface area contributed by atoms with Crippen molar-refractivity contribution in [3.8, 4) is 5.75 Å². The highest BCUT2D eigenvalue weighted by molar-refractivity contribution is 6.06. The molecule has 0 radical (unpaired) electrons. The predicted molar refractivity (Wildman–Crippen MR) is 94.3 cm³/mol. The van der Waals surface area contributed by atoms with Crippen LogP contribution in [0.3, 0.4) is 0 Å². The Balaban J connectivity index is 2.28. The van der Waals surface area contributed by atoms with Gasteiger partial charge in [0, 0.05) is 25.6 Å². The zero-order valence-corrected chi connectivity index (χ0v) is 14.5. The van der Waals surface area contributed by atoms with Crippen LogP contribution < -0.4 is 14.8 Å². The van der Waals surface area contributed by atoms with Crippen LogP contribution in [-0.2, 0) is 0 Å². The highest BCUT2D eigenvalue weighted by atomic mass is 16.5. The number of carbonyl (C=O) groups is 1. The second-order valence-corrected chi connectivity index (χ2v) is 5.78. The maximum absolute atomic E-state index is 12.7. The van der Waals surface area contributed by atoms with Crippen LogP contribution in [0.4, 0.5) is 5.69 Å². The summed E-state index contributed by atoms with van der Waals surface area (Å²) < 4.78 is 6.56. The molecule has 0 saturated heterocycles. The van der Waals surface area contributed by atoms with Crippen LogP contribution in [0, 0.1) is 19.1 Å². The summed E-state index contributed by atoms with van der Waals surface area (Å²) in [5, 5.41) is 15.0. The molecule has 0 aliphatic rings. The number of para-hydroxylation sites is 1. The van der Waals surface area contributed by atoms with Crippen LogP contribution in [0.5, 0.6) is 5.75 Å². The largest absolute Gasteiger partial charge is 0.618 e. The number of ether oxygens (including phenoxy) is 1. The Bertz CT molecular complexity index is 700. The van der Waals surface area contributed by atoms with Crippen molar-refractivity contribution in [2.75, 3.05) is 11.9 Å². The van der Waals surface area contributed by atoms with E-state index in [1.807, 2.05) is 18.2 Å². The Morgan fingerprint density at radius 1 is 1.21 bits per heavy atom. The molecule has 2 aromatic rings. The van der Waals surface area contributed by atoms with Crippen molar-refractivity contribution in [1.29, 1.82) is 0 Å². The van der Waals surface area contributed by atoms with Gasteiger partial charge >= 0.3 is 0 Å². The molecule has 5 heteroatoms. The number of aryl methyl sites for hydroxylation is 1. The van der Waals surface area contributed by atoms with Gasteiger partial charge in [-0.25, -0.2) is 0 Å². The molecule has 0 spiro atoms. The van der Waals surface area contributed by atoms with Crippen molar-refractivity contribution < 1.29 is 14.3 Å². The molecule has 0 aliphatic heterocycles. The minimum absolute atomic E-state index is 0.288. The smallest absolute Gasteiger partial charge is 0.265 e. The molecule has 0 saturated carbocycles. The first kappa shape index (κ1) is 17.8.